The predicted molar refractivity (Wildman–Crippen MR) is 98.5 cm³/mol. The first-order chi connectivity index (χ1) is 11.8. The number of hydrogen-bond donors (Lipinski definition) is 2. The van der Waals surface area contributed by atoms with Crippen molar-refractivity contribution in [2.24, 2.45) is 5.73 Å². The van der Waals surface area contributed by atoms with E-state index in [1.54, 1.807) is 12.1 Å². The summed E-state index contributed by atoms with van der Waals surface area (Å²) < 4.78 is 0. The third-order valence-electron chi connectivity index (χ3n) is 3.51. The van der Waals surface area contributed by atoms with Gasteiger partial charge in [0.2, 0.25) is 0 Å². The lowest BCUT2D eigenvalue weighted by Crippen LogP contribution is -2.41. The highest BCUT2D eigenvalue weighted by Crippen LogP contribution is 2.16. The number of carbonyl (C=O) groups is 2. The zero-order chi connectivity index (χ0) is 18.4. The molecule has 0 radical (unpaired) electrons. The van der Waals surface area contributed by atoms with Crippen LogP contribution in [0.15, 0.2) is 48.7 Å². The molecule has 2 aromatic rings. The van der Waals surface area contributed by atoms with Crippen molar-refractivity contribution in [1.82, 2.24) is 10.3 Å². The number of urea groups is 1. The van der Waals surface area contributed by atoms with Crippen molar-refractivity contribution in [2.75, 3.05) is 11.4 Å². The number of nitrogens with one attached hydrogen (secondary N) is 1. The Morgan fingerprint density at radius 3 is 2.44 bits per heavy atom. The summed E-state index contributed by atoms with van der Waals surface area (Å²) >= 11 is 0. The van der Waals surface area contributed by atoms with Gasteiger partial charge >= 0.3 is 6.03 Å². The van der Waals surface area contributed by atoms with E-state index in [9.17, 15) is 9.59 Å². The van der Waals surface area contributed by atoms with Crippen LogP contribution >= 0.6 is 0 Å². The molecule has 0 saturated heterocycles. The first kappa shape index (κ1) is 18.4. The molecule has 132 valence electrons. The predicted octanol–water partition coefficient (Wildman–Crippen LogP) is 2.74. The molecule has 1 aromatic heterocycles. The van der Waals surface area contributed by atoms with Gasteiger partial charge in [-0.1, -0.05) is 30.3 Å². The van der Waals surface area contributed by atoms with E-state index in [4.69, 9.17) is 5.73 Å². The maximum absolute atomic E-state index is 12.3. The Bertz CT molecular complexity index is 739. The molecule has 0 atom stereocenters. The lowest BCUT2D eigenvalue weighted by molar-refractivity contribution is 0.0914. The van der Waals surface area contributed by atoms with Crippen LogP contribution in [-0.4, -0.2) is 29.0 Å². The minimum atomic E-state index is -0.565. The maximum Gasteiger partial charge on any atom is 0.319 e. The van der Waals surface area contributed by atoms with Gasteiger partial charge in [0.25, 0.3) is 5.91 Å². The van der Waals surface area contributed by atoms with Crippen molar-refractivity contribution in [1.29, 1.82) is 0 Å². The number of pyridine rings is 1. The fourth-order valence-corrected chi connectivity index (χ4v) is 2.37. The molecule has 0 aliphatic rings. The van der Waals surface area contributed by atoms with Gasteiger partial charge in [0.15, 0.2) is 0 Å². The van der Waals surface area contributed by atoms with Crippen LogP contribution in [0, 0.1) is 0 Å². The van der Waals surface area contributed by atoms with E-state index in [2.05, 4.69) is 10.3 Å². The van der Waals surface area contributed by atoms with Crippen molar-refractivity contribution in [3.8, 4) is 0 Å². The van der Waals surface area contributed by atoms with E-state index < -0.39 is 6.03 Å². The van der Waals surface area contributed by atoms with E-state index in [0.717, 1.165) is 5.56 Å². The minimum Gasteiger partial charge on any atom is -0.351 e. The average Bonchev–Trinajstić information content (AvgIpc) is 2.54. The minimum absolute atomic E-state index is 0.249. The number of hydrogen-bond acceptors (Lipinski definition) is 3. The molecule has 1 heterocycles. The Hall–Kier alpha value is -2.89. The van der Waals surface area contributed by atoms with Crippen molar-refractivity contribution < 1.29 is 9.59 Å². The van der Waals surface area contributed by atoms with Crippen LogP contribution in [0.5, 0.6) is 0 Å². The first-order valence-electron chi connectivity index (χ1n) is 8.16. The number of nitrogens with zero attached hydrogens (tertiary/aromatic N) is 2. The monoisotopic (exact) mass is 340 g/mol. The Labute approximate surface area is 148 Å². The summed E-state index contributed by atoms with van der Waals surface area (Å²) in [6.07, 6.45) is 2.17. The largest absolute Gasteiger partial charge is 0.351 e. The number of aromatic nitrogens is 1. The van der Waals surface area contributed by atoms with Gasteiger partial charge < -0.3 is 11.1 Å². The van der Waals surface area contributed by atoms with Gasteiger partial charge in [0, 0.05) is 24.0 Å². The molecule has 0 bridgehead atoms. The standard InChI is InChI=1S/C19H24N4O2/c1-19(2,3)22-17(24)16-13-15(9-11-21-16)23(18(20)25)12-10-14-7-5-4-6-8-14/h4-9,11,13H,10,12H2,1-3H3,(H2,20,25)(H,22,24). The quantitative estimate of drug-likeness (QED) is 0.877. The Morgan fingerprint density at radius 2 is 1.84 bits per heavy atom. The number of benzene rings is 1. The molecule has 3 N–H and O–H groups in total. The van der Waals surface area contributed by atoms with Gasteiger partial charge in [-0.15, -0.1) is 0 Å². The Kier molecular flexibility index (Phi) is 5.75. The van der Waals surface area contributed by atoms with E-state index in [-0.39, 0.29) is 17.1 Å². The number of amides is 3. The highest BCUT2D eigenvalue weighted by atomic mass is 16.2. The number of nitrogens with two attached hydrogens (primary N) is 1. The molecule has 0 aliphatic carbocycles. The van der Waals surface area contributed by atoms with E-state index in [0.29, 0.717) is 18.7 Å². The lowest BCUT2D eigenvalue weighted by Gasteiger charge is -2.22. The van der Waals surface area contributed by atoms with E-state index in [1.807, 2.05) is 51.1 Å². The summed E-state index contributed by atoms with van der Waals surface area (Å²) in [5.41, 5.74) is 7.06. The third kappa shape index (κ3) is 5.60. The normalized spacial score (nSPS) is 11.0. The van der Waals surface area contributed by atoms with Gasteiger partial charge in [-0.2, -0.15) is 0 Å². The molecular weight excluding hydrogens is 316 g/mol. The molecule has 6 heteroatoms. The molecule has 0 saturated carbocycles. The fourth-order valence-electron chi connectivity index (χ4n) is 2.37. The molecular formula is C19H24N4O2. The van der Waals surface area contributed by atoms with Crippen LogP contribution in [-0.2, 0) is 6.42 Å². The van der Waals surface area contributed by atoms with Crippen LogP contribution in [0.3, 0.4) is 0 Å². The summed E-state index contributed by atoms with van der Waals surface area (Å²) in [5.74, 6) is -0.290. The molecule has 0 unspecified atom stereocenters. The zero-order valence-corrected chi connectivity index (χ0v) is 14.8. The van der Waals surface area contributed by atoms with Crippen molar-refractivity contribution >= 4 is 17.6 Å². The van der Waals surface area contributed by atoms with Gasteiger partial charge in [0.05, 0.1) is 0 Å². The third-order valence-corrected chi connectivity index (χ3v) is 3.51. The summed E-state index contributed by atoms with van der Waals surface area (Å²) in [6, 6.07) is 12.5. The van der Waals surface area contributed by atoms with E-state index >= 15 is 0 Å². The second kappa shape index (κ2) is 7.79. The average molecular weight is 340 g/mol. The molecule has 0 aliphatic heterocycles. The zero-order valence-electron chi connectivity index (χ0n) is 14.8. The second-order valence-corrected chi connectivity index (χ2v) is 6.83. The molecule has 3 amide bonds. The summed E-state index contributed by atoms with van der Waals surface area (Å²) in [6.45, 7) is 6.10. The van der Waals surface area contributed by atoms with Crippen LogP contribution < -0.4 is 16.0 Å². The smallest absolute Gasteiger partial charge is 0.319 e. The van der Waals surface area contributed by atoms with Gasteiger partial charge in [-0.25, -0.2) is 4.79 Å². The van der Waals surface area contributed by atoms with Gasteiger partial charge in [0.1, 0.15) is 5.69 Å². The summed E-state index contributed by atoms with van der Waals surface area (Å²) in [7, 11) is 0. The summed E-state index contributed by atoms with van der Waals surface area (Å²) in [5, 5.41) is 2.85. The summed E-state index contributed by atoms with van der Waals surface area (Å²) in [4.78, 5) is 29.7. The number of primary amides is 1. The van der Waals surface area contributed by atoms with Gasteiger partial charge in [-0.05, 0) is 44.9 Å². The first-order valence-corrected chi connectivity index (χ1v) is 8.16. The fraction of sp³-hybridized carbons (Fsp3) is 0.316. The topological polar surface area (TPSA) is 88.3 Å². The van der Waals surface area contributed by atoms with Crippen LogP contribution in [0.25, 0.3) is 0 Å². The van der Waals surface area contributed by atoms with Crippen molar-refractivity contribution in [3.05, 3.63) is 59.9 Å². The SMILES string of the molecule is CC(C)(C)NC(=O)c1cc(N(CCc2ccccc2)C(N)=O)ccn1. The van der Waals surface area contributed by atoms with E-state index in [1.165, 1.54) is 11.1 Å². The molecule has 6 nitrogen and oxygen atoms in total. The number of carbonyl (C=O) groups excluding carboxylic acids is 2. The van der Waals surface area contributed by atoms with Crippen molar-refractivity contribution in [3.63, 3.8) is 0 Å². The molecule has 0 fully saturated rings. The molecule has 25 heavy (non-hydrogen) atoms. The highest BCUT2D eigenvalue weighted by molar-refractivity contribution is 5.96. The van der Waals surface area contributed by atoms with Crippen LogP contribution in [0.2, 0.25) is 0 Å². The van der Waals surface area contributed by atoms with Crippen LogP contribution in [0.4, 0.5) is 10.5 Å². The second-order valence-electron chi connectivity index (χ2n) is 6.83. The molecule has 0 spiro atoms. The maximum atomic E-state index is 12.3. The molecule has 2 rings (SSSR count). The Morgan fingerprint density at radius 1 is 1.16 bits per heavy atom. The number of rotatable bonds is 5. The molecule has 1 aromatic carbocycles. The van der Waals surface area contributed by atoms with Crippen molar-refractivity contribution in [2.45, 2.75) is 32.7 Å². The lowest BCUT2D eigenvalue weighted by atomic mass is 10.1. The number of anilines is 1. The Balaban J connectivity index is 2.17. The van der Waals surface area contributed by atoms with Gasteiger partial charge in [-0.3, -0.25) is 14.7 Å². The van der Waals surface area contributed by atoms with Crippen LogP contribution in [0.1, 0.15) is 36.8 Å². The highest BCUT2D eigenvalue weighted by Gasteiger charge is 2.19.